The van der Waals surface area contributed by atoms with E-state index >= 15 is 0 Å². The third-order valence-corrected chi connectivity index (χ3v) is 3.98. The van der Waals surface area contributed by atoms with Gasteiger partial charge in [-0.25, -0.2) is 4.39 Å². The number of halogens is 1. The number of aliphatic hydroxyl groups is 1. The van der Waals surface area contributed by atoms with Gasteiger partial charge in [0.05, 0.1) is 13.7 Å². The molecule has 0 aliphatic heterocycles. The van der Waals surface area contributed by atoms with Crippen LogP contribution in [0.4, 0.5) is 4.39 Å². The van der Waals surface area contributed by atoms with Crippen LogP contribution < -0.4 is 10.1 Å². The molecule has 0 saturated carbocycles. The average molecular weight is 287 g/mol. The topological polar surface area (TPSA) is 58.6 Å². The molecule has 1 rings (SSSR count). The first-order valence-electron chi connectivity index (χ1n) is 5.81. The van der Waals surface area contributed by atoms with Gasteiger partial charge in [-0.05, 0) is 31.4 Å². The highest BCUT2D eigenvalue weighted by Gasteiger charge is 2.18. The molecule has 0 fully saturated rings. The van der Waals surface area contributed by atoms with Crippen molar-refractivity contribution < 1.29 is 19.0 Å². The molecule has 0 aromatic heterocycles. The zero-order valence-electron chi connectivity index (χ0n) is 11.1. The van der Waals surface area contributed by atoms with Crippen LogP contribution in [0.5, 0.6) is 5.75 Å². The smallest absolute Gasteiger partial charge is 0.251 e. The third kappa shape index (κ3) is 4.11. The van der Waals surface area contributed by atoms with Crippen molar-refractivity contribution in [2.45, 2.75) is 18.2 Å². The van der Waals surface area contributed by atoms with Gasteiger partial charge >= 0.3 is 0 Å². The van der Waals surface area contributed by atoms with Crippen LogP contribution in [0.3, 0.4) is 0 Å². The number of hydrogen-bond donors (Lipinski definition) is 2. The highest BCUT2D eigenvalue weighted by Crippen LogP contribution is 2.18. The van der Waals surface area contributed by atoms with Crippen molar-refractivity contribution in [3.8, 4) is 5.75 Å². The Hall–Kier alpha value is -1.27. The lowest BCUT2D eigenvalue weighted by molar-refractivity contribution is 0.0935. The summed E-state index contributed by atoms with van der Waals surface area (Å²) in [5.41, 5.74) is 0.322. The van der Waals surface area contributed by atoms with Gasteiger partial charge in [0.1, 0.15) is 0 Å². The Morgan fingerprint density at radius 3 is 2.79 bits per heavy atom. The van der Waals surface area contributed by atoms with E-state index in [1.807, 2.05) is 13.2 Å². The number of aliphatic hydroxyl groups excluding tert-OH is 1. The first-order chi connectivity index (χ1) is 9.03. The molecule has 0 aliphatic rings. The van der Waals surface area contributed by atoms with Crippen molar-refractivity contribution >= 4 is 17.7 Å². The summed E-state index contributed by atoms with van der Waals surface area (Å²) in [7, 11) is 1.35. The molecule has 0 aliphatic carbocycles. The van der Waals surface area contributed by atoms with Gasteiger partial charge < -0.3 is 15.2 Å². The second-order valence-electron chi connectivity index (χ2n) is 4.07. The van der Waals surface area contributed by atoms with E-state index in [0.717, 1.165) is 0 Å². The first kappa shape index (κ1) is 15.8. The Kier molecular flexibility index (Phi) is 6.11. The number of carbonyl (C=O) groups is 1. The number of nitrogens with one attached hydrogen (secondary N) is 1. The van der Waals surface area contributed by atoms with E-state index < -0.39 is 5.82 Å². The van der Waals surface area contributed by atoms with Crippen LogP contribution in [0.25, 0.3) is 0 Å². The second-order valence-corrected chi connectivity index (χ2v) is 5.15. The number of rotatable bonds is 6. The molecule has 0 spiro atoms. The predicted molar refractivity (Wildman–Crippen MR) is 74.3 cm³/mol. The van der Waals surface area contributed by atoms with Crippen molar-refractivity contribution in [3.05, 3.63) is 29.6 Å². The summed E-state index contributed by atoms with van der Waals surface area (Å²) >= 11 is 1.48. The number of benzene rings is 1. The number of ether oxygens (including phenoxy) is 1. The molecule has 1 amide bonds. The maximum absolute atomic E-state index is 13.2. The van der Waals surface area contributed by atoms with Crippen LogP contribution in [0, 0.1) is 5.82 Å². The average Bonchev–Trinajstić information content (AvgIpc) is 2.40. The maximum atomic E-state index is 13.2. The molecule has 2 N–H and O–H groups in total. The number of methoxy groups -OCH3 is 1. The first-order valence-corrected chi connectivity index (χ1v) is 7.10. The second kappa shape index (κ2) is 7.35. The quantitative estimate of drug-likeness (QED) is 0.836. The van der Waals surface area contributed by atoms with E-state index in [0.29, 0.717) is 5.56 Å². The van der Waals surface area contributed by atoms with Crippen LogP contribution in [0.1, 0.15) is 17.3 Å². The predicted octanol–water partition coefficient (Wildman–Crippen LogP) is 1.68. The summed E-state index contributed by atoms with van der Waals surface area (Å²) in [4.78, 5) is 12.0. The summed E-state index contributed by atoms with van der Waals surface area (Å²) in [5, 5.41) is 11.9. The highest BCUT2D eigenvalue weighted by atomic mass is 32.2. The normalized spacial score (nSPS) is 13.7. The Bertz CT molecular complexity index is 438. The number of carbonyl (C=O) groups excluding carboxylic acids is 1. The standard InChI is InChI=1S/C13H18FNO3S/c1-8(12(7-16)19-3)15-13(17)9-4-5-10(14)11(6-9)18-2/h4-6,8,12,16H,7H2,1-3H3,(H,15,17). The molecular weight excluding hydrogens is 269 g/mol. The van der Waals surface area contributed by atoms with Crippen molar-refractivity contribution in [1.82, 2.24) is 5.32 Å². The Morgan fingerprint density at radius 2 is 2.26 bits per heavy atom. The summed E-state index contributed by atoms with van der Waals surface area (Å²) < 4.78 is 18.1. The summed E-state index contributed by atoms with van der Waals surface area (Å²) in [5.74, 6) is -0.799. The van der Waals surface area contributed by atoms with Crippen LogP contribution in [0.15, 0.2) is 18.2 Å². The fourth-order valence-electron chi connectivity index (χ4n) is 1.62. The van der Waals surface area contributed by atoms with E-state index in [4.69, 9.17) is 9.84 Å². The molecule has 0 bridgehead atoms. The molecule has 2 unspecified atom stereocenters. The zero-order chi connectivity index (χ0) is 14.4. The lowest BCUT2D eigenvalue weighted by atomic mass is 10.1. The minimum absolute atomic E-state index is 0.0185. The van der Waals surface area contributed by atoms with E-state index in [-0.39, 0.29) is 29.6 Å². The van der Waals surface area contributed by atoms with Crippen molar-refractivity contribution in [3.63, 3.8) is 0 Å². The summed E-state index contributed by atoms with van der Waals surface area (Å²) in [6, 6.07) is 3.75. The maximum Gasteiger partial charge on any atom is 0.251 e. The van der Waals surface area contributed by atoms with Gasteiger partial charge in [0.2, 0.25) is 0 Å². The van der Waals surface area contributed by atoms with Crippen molar-refractivity contribution in [2.24, 2.45) is 0 Å². The molecule has 1 aromatic rings. The van der Waals surface area contributed by atoms with E-state index in [1.54, 1.807) is 0 Å². The monoisotopic (exact) mass is 287 g/mol. The lowest BCUT2D eigenvalue weighted by Gasteiger charge is -2.21. The molecule has 106 valence electrons. The Labute approximate surface area is 116 Å². The summed E-state index contributed by atoms with van der Waals surface area (Å²) in [6.07, 6.45) is 1.87. The van der Waals surface area contributed by atoms with Crippen LogP contribution in [-0.4, -0.2) is 42.3 Å². The largest absolute Gasteiger partial charge is 0.494 e. The van der Waals surface area contributed by atoms with Gasteiger partial charge in [-0.1, -0.05) is 0 Å². The fraction of sp³-hybridized carbons (Fsp3) is 0.462. The SMILES string of the molecule is COc1cc(C(=O)NC(C)C(CO)SC)ccc1F. The van der Waals surface area contributed by atoms with Crippen molar-refractivity contribution in [2.75, 3.05) is 20.0 Å². The lowest BCUT2D eigenvalue weighted by Crippen LogP contribution is -2.41. The van der Waals surface area contributed by atoms with Gasteiger partial charge in [-0.15, -0.1) is 0 Å². The fourth-order valence-corrected chi connectivity index (χ4v) is 2.25. The minimum atomic E-state index is -0.510. The van der Waals surface area contributed by atoms with Gasteiger partial charge in [-0.2, -0.15) is 11.8 Å². The molecule has 19 heavy (non-hydrogen) atoms. The van der Waals surface area contributed by atoms with Gasteiger partial charge in [0.25, 0.3) is 5.91 Å². The Morgan fingerprint density at radius 1 is 1.58 bits per heavy atom. The molecule has 0 radical (unpaired) electrons. The third-order valence-electron chi connectivity index (χ3n) is 2.81. The summed E-state index contributed by atoms with van der Waals surface area (Å²) in [6.45, 7) is 1.80. The zero-order valence-corrected chi connectivity index (χ0v) is 12.0. The Balaban J connectivity index is 2.78. The van der Waals surface area contributed by atoms with Crippen LogP contribution in [0.2, 0.25) is 0 Å². The number of thioether (sulfide) groups is 1. The van der Waals surface area contributed by atoms with E-state index in [2.05, 4.69) is 5.32 Å². The van der Waals surface area contributed by atoms with E-state index in [9.17, 15) is 9.18 Å². The molecule has 2 atom stereocenters. The minimum Gasteiger partial charge on any atom is -0.494 e. The highest BCUT2D eigenvalue weighted by molar-refractivity contribution is 7.99. The van der Waals surface area contributed by atoms with Gasteiger partial charge in [0.15, 0.2) is 11.6 Å². The molecule has 6 heteroatoms. The van der Waals surface area contributed by atoms with Crippen LogP contribution in [-0.2, 0) is 0 Å². The van der Waals surface area contributed by atoms with Crippen LogP contribution >= 0.6 is 11.8 Å². The van der Waals surface area contributed by atoms with E-state index in [1.165, 1.54) is 37.1 Å². The molecule has 0 saturated heterocycles. The molecule has 1 aromatic carbocycles. The number of amides is 1. The van der Waals surface area contributed by atoms with Crippen molar-refractivity contribution in [1.29, 1.82) is 0 Å². The van der Waals surface area contributed by atoms with Gasteiger partial charge in [-0.3, -0.25) is 4.79 Å². The number of hydrogen-bond acceptors (Lipinski definition) is 4. The molecule has 4 nitrogen and oxygen atoms in total. The van der Waals surface area contributed by atoms with Gasteiger partial charge in [0, 0.05) is 16.9 Å². The molecular formula is C13H18FNO3S. The molecule has 0 heterocycles.